The highest BCUT2D eigenvalue weighted by atomic mass is 32.1. The van der Waals surface area contributed by atoms with E-state index in [1.807, 2.05) is 49.6 Å². The van der Waals surface area contributed by atoms with Crippen LogP contribution in [0, 0.1) is 0 Å². The summed E-state index contributed by atoms with van der Waals surface area (Å²) < 4.78 is 1.71. The number of nitrogens with one attached hydrogen (secondary N) is 1. The van der Waals surface area contributed by atoms with Crippen molar-refractivity contribution in [1.82, 2.24) is 30.0 Å². The molecule has 0 aliphatic carbocycles. The third kappa shape index (κ3) is 3.93. The van der Waals surface area contributed by atoms with Crippen molar-refractivity contribution in [1.29, 1.82) is 0 Å². The van der Waals surface area contributed by atoms with Crippen molar-refractivity contribution in [3.05, 3.63) is 76.8 Å². The minimum Gasteiger partial charge on any atom is -0.343 e. The fourth-order valence-electron chi connectivity index (χ4n) is 3.06. The van der Waals surface area contributed by atoms with Gasteiger partial charge in [0, 0.05) is 29.5 Å². The summed E-state index contributed by atoms with van der Waals surface area (Å²) >= 11 is 1.52. The SMILES string of the molecule is CCc1c(C(=O)NC(C)c2nc(-c3ccncc3)cs2)cnn1-c1ccccn1. The number of hydrogen-bond acceptors (Lipinski definition) is 6. The van der Waals surface area contributed by atoms with E-state index >= 15 is 0 Å². The van der Waals surface area contributed by atoms with Crippen LogP contribution in [-0.4, -0.2) is 30.6 Å². The van der Waals surface area contributed by atoms with Gasteiger partial charge in [0.2, 0.25) is 0 Å². The normalized spacial score (nSPS) is 11.9. The number of aromatic nitrogens is 5. The van der Waals surface area contributed by atoms with E-state index in [1.54, 1.807) is 29.5 Å². The Balaban J connectivity index is 1.53. The summed E-state index contributed by atoms with van der Waals surface area (Å²) in [6, 6.07) is 9.23. The highest BCUT2D eigenvalue weighted by Gasteiger charge is 2.21. The lowest BCUT2D eigenvalue weighted by Crippen LogP contribution is -2.27. The van der Waals surface area contributed by atoms with Gasteiger partial charge in [0.05, 0.1) is 29.2 Å². The molecule has 0 fully saturated rings. The Labute approximate surface area is 172 Å². The number of amides is 1. The summed E-state index contributed by atoms with van der Waals surface area (Å²) in [5, 5.41) is 10.3. The van der Waals surface area contributed by atoms with E-state index < -0.39 is 0 Å². The fraction of sp³-hybridized carbons (Fsp3) is 0.190. The Morgan fingerprint density at radius 3 is 2.76 bits per heavy atom. The van der Waals surface area contributed by atoms with Gasteiger partial charge >= 0.3 is 0 Å². The molecule has 0 bridgehead atoms. The number of hydrogen-bond donors (Lipinski definition) is 1. The van der Waals surface area contributed by atoms with Crippen LogP contribution in [0.2, 0.25) is 0 Å². The lowest BCUT2D eigenvalue weighted by atomic mass is 10.2. The zero-order valence-corrected chi connectivity index (χ0v) is 16.9. The number of carbonyl (C=O) groups is 1. The molecule has 0 aliphatic rings. The van der Waals surface area contributed by atoms with E-state index in [-0.39, 0.29) is 11.9 Å². The van der Waals surface area contributed by atoms with Gasteiger partial charge in [-0.1, -0.05) is 13.0 Å². The van der Waals surface area contributed by atoms with Gasteiger partial charge in [-0.3, -0.25) is 9.78 Å². The first-order valence-corrected chi connectivity index (χ1v) is 10.2. The molecule has 0 saturated heterocycles. The van der Waals surface area contributed by atoms with Crippen LogP contribution in [0.3, 0.4) is 0 Å². The van der Waals surface area contributed by atoms with Crippen LogP contribution in [0.1, 0.15) is 40.9 Å². The predicted molar refractivity (Wildman–Crippen MR) is 112 cm³/mol. The van der Waals surface area contributed by atoms with Crippen LogP contribution in [0.5, 0.6) is 0 Å². The minimum absolute atomic E-state index is 0.169. The molecular weight excluding hydrogens is 384 g/mol. The number of thiazole rings is 1. The number of rotatable bonds is 6. The summed E-state index contributed by atoms with van der Waals surface area (Å²) in [7, 11) is 0. The molecule has 1 atom stereocenters. The molecule has 4 rings (SSSR count). The van der Waals surface area contributed by atoms with Gasteiger partial charge in [-0.05, 0) is 37.6 Å². The average Bonchev–Trinajstić information content (AvgIpc) is 3.42. The number of nitrogens with zero attached hydrogens (tertiary/aromatic N) is 5. The van der Waals surface area contributed by atoms with Gasteiger partial charge in [-0.2, -0.15) is 5.10 Å². The first kappa shape index (κ1) is 18.9. The van der Waals surface area contributed by atoms with Crippen molar-refractivity contribution in [3.63, 3.8) is 0 Å². The maximum atomic E-state index is 12.9. The Hall–Kier alpha value is -3.39. The Bertz CT molecular complexity index is 1110. The molecule has 0 spiro atoms. The molecule has 8 heteroatoms. The second-order valence-electron chi connectivity index (χ2n) is 6.46. The van der Waals surface area contributed by atoms with E-state index in [9.17, 15) is 4.79 Å². The summed E-state index contributed by atoms with van der Waals surface area (Å²) in [5.41, 5.74) is 3.26. The smallest absolute Gasteiger partial charge is 0.255 e. The zero-order valence-electron chi connectivity index (χ0n) is 16.1. The van der Waals surface area contributed by atoms with Crippen molar-refractivity contribution >= 4 is 17.2 Å². The van der Waals surface area contributed by atoms with Crippen molar-refractivity contribution in [2.45, 2.75) is 26.3 Å². The third-order valence-electron chi connectivity index (χ3n) is 4.53. The fourth-order valence-corrected chi connectivity index (χ4v) is 3.89. The molecule has 0 aliphatic heterocycles. The van der Waals surface area contributed by atoms with E-state index in [1.165, 1.54) is 11.3 Å². The van der Waals surface area contributed by atoms with Gasteiger partial charge in [-0.15, -0.1) is 11.3 Å². The third-order valence-corrected chi connectivity index (χ3v) is 5.56. The van der Waals surface area contributed by atoms with E-state index in [4.69, 9.17) is 0 Å². The Kier molecular flexibility index (Phi) is 5.44. The molecule has 29 heavy (non-hydrogen) atoms. The Morgan fingerprint density at radius 2 is 2.03 bits per heavy atom. The van der Waals surface area contributed by atoms with Gasteiger partial charge in [-0.25, -0.2) is 14.6 Å². The van der Waals surface area contributed by atoms with Gasteiger partial charge in [0.15, 0.2) is 5.82 Å². The highest BCUT2D eigenvalue weighted by molar-refractivity contribution is 7.10. The number of pyridine rings is 2. The molecule has 0 saturated carbocycles. The highest BCUT2D eigenvalue weighted by Crippen LogP contribution is 2.25. The quantitative estimate of drug-likeness (QED) is 0.528. The van der Waals surface area contributed by atoms with Crippen LogP contribution in [0.25, 0.3) is 17.1 Å². The maximum absolute atomic E-state index is 12.9. The van der Waals surface area contributed by atoms with Crippen LogP contribution >= 0.6 is 11.3 Å². The van der Waals surface area contributed by atoms with Crippen LogP contribution in [-0.2, 0) is 6.42 Å². The van der Waals surface area contributed by atoms with Crippen molar-refractivity contribution in [2.75, 3.05) is 0 Å². The first-order valence-electron chi connectivity index (χ1n) is 9.32. The predicted octanol–water partition coefficient (Wildman–Crippen LogP) is 3.84. The summed E-state index contributed by atoms with van der Waals surface area (Å²) in [4.78, 5) is 25.9. The van der Waals surface area contributed by atoms with E-state index in [0.29, 0.717) is 17.8 Å². The molecule has 7 nitrogen and oxygen atoms in total. The first-order chi connectivity index (χ1) is 14.2. The van der Waals surface area contributed by atoms with Gasteiger partial charge in [0.25, 0.3) is 5.91 Å². The topological polar surface area (TPSA) is 85.6 Å². The molecule has 1 amide bonds. The second-order valence-corrected chi connectivity index (χ2v) is 7.35. The largest absolute Gasteiger partial charge is 0.343 e. The minimum atomic E-state index is -0.217. The summed E-state index contributed by atoms with van der Waals surface area (Å²) in [5.74, 6) is 0.524. The van der Waals surface area contributed by atoms with E-state index in [2.05, 4.69) is 25.4 Å². The lowest BCUT2D eigenvalue weighted by molar-refractivity contribution is 0.0939. The van der Waals surface area contributed by atoms with Crippen molar-refractivity contribution < 1.29 is 4.79 Å². The molecule has 4 aromatic rings. The maximum Gasteiger partial charge on any atom is 0.255 e. The lowest BCUT2D eigenvalue weighted by Gasteiger charge is -2.12. The molecule has 4 aromatic heterocycles. The van der Waals surface area contributed by atoms with Gasteiger partial charge in [0.1, 0.15) is 5.01 Å². The monoisotopic (exact) mass is 404 g/mol. The summed E-state index contributed by atoms with van der Waals surface area (Å²) in [6.45, 7) is 3.93. The summed E-state index contributed by atoms with van der Waals surface area (Å²) in [6.07, 6.45) is 7.45. The standard InChI is InChI=1S/C21H20N6OS/c1-3-18-16(12-24-27(18)19-6-4-5-9-23-19)20(28)25-14(2)21-26-17(13-29-21)15-7-10-22-11-8-15/h4-14H,3H2,1-2H3,(H,25,28). The average molecular weight is 404 g/mol. The molecule has 1 N–H and O–H groups in total. The van der Waals surface area contributed by atoms with Crippen molar-refractivity contribution in [2.24, 2.45) is 0 Å². The van der Waals surface area contributed by atoms with Crippen molar-refractivity contribution in [3.8, 4) is 17.1 Å². The Morgan fingerprint density at radius 1 is 1.21 bits per heavy atom. The van der Waals surface area contributed by atoms with Crippen LogP contribution < -0.4 is 5.32 Å². The molecule has 4 heterocycles. The molecule has 0 aromatic carbocycles. The van der Waals surface area contributed by atoms with Crippen LogP contribution in [0.4, 0.5) is 0 Å². The van der Waals surface area contributed by atoms with E-state index in [0.717, 1.165) is 22.0 Å². The molecule has 0 radical (unpaired) electrons. The van der Waals surface area contributed by atoms with Gasteiger partial charge < -0.3 is 5.32 Å². The van der Waals surface area contributed by atoms with Crippen LogP contribution in [0.15, 0.2) is 60.5 Å². The molecule has 1 unspecified atom stereocenters. The second kappa shape index (κ2) is 8.32. The molecular formula is C21H20N6OS. The molecule has 146 valence electrons. The number of carbonyl (C=O) groups excluding carboxylic acids is 1. The zero-order chi connectivity index (χ0) is 20.2.